The Morgan fingerprint density at radius 2 is 1.83 bits per heavy atom. The number of carbonyl (C=O) groups excluding carboxylic acids is 1. The second kappa shape index (κ2) is 7.55. The van der Waals surface area contributed by atoms with Gasteiger partial charge in [0.2, 0.25) is 5.91 Å². The molecule has 122 valence electrons. The van der Waals surface area contributed by atoms with Crippen molar-refractivity contribution in [1.82, 2.24) is 0 Å². The molecule has 1 N–H and O–H groups in total. The van der Waals surface area contributed by atoms with Gasteiger partial charge in [-0.25, -0.2) is 0 Å². The molecular formula is C17H16F3NOS. The van der Waals surface area contributed by atoms with Gasteiger partial charge in [-0.1, -0.05) is 29.8 Å². The highest BCUT2D eigenvalue weighted by Gasteiger charge is 2.29. The second-order valence-electron chi connectivity index (χ2n) is 5.11. The first-order valence-electron chi connectivity index (χ1n) is 6.95. The minimum atomic E-state index is -4.37. The number of rotatable bonds is 5. The molecule has 0 aliphatic rings. The minimum absolute atomic E-state index is 0.234. The molecular weight excluding hydrogens is 323 g/mol. The predicted octanol–water partition coefficient (Wildman–Crippen LogP) is 4.89. The summed E-state index contributed by atoms with van der Waals surface area (Å²) >= 11 is 1.46. The Hall–Kier alpha value is -1.95. The lowest BCUT2D eigenvalue weighted by Gasteiger charge is -2.09. The molecule has 2 rings (SSSR count). The van der Waals surface area contributed by atoms with Gasteiger partial charge in [-0.15, -0.1) is 11.8 Å². The van der Waals surface area contributed by atoms with Gasteiger partial charge in [0.15, 0.2) is 0 Å². The molecule has 0 heterocycles. The standard InChI is InChI=1S/C17H16F3NOS/c1-12-3-2-4-13(9-12)10-23-11-16(22)21-15-7-5-14(6-8-15)17(18,19)20/h2-9H,10-11H2,1H3,(H,21,22). The highest BCUT2D eigenvalue weighted by atomic mass is 32.2. The Bertz CT molecular complexity index is 668. The van der Waals surface area contributed by atoms with Crippen molar-refractivity contribution in [3.05, 3.63) is 65.2 Å². The maximum Gasteiger partial charge on any atom is 0.416 e. The summed E-state index contributed by atoms with van der Waals surface area (Å²) in [6, 6.07) is 12.4. The summed E-state index contributed by atoms with van der Waals surface area (Å²) in [5, 5.41) is 2.59. The number of nitrogens with one attached hydrogen (secondary N) is 1. The molecule has 1 amide bonds. The predicted molar refractivity (Wildman–Crippen MR) is 87.4 cm³/mol. The van der Waals surface area contributed by atoms with E-state index in [0.29, 0.717) is 11.4 Å². The Balaban J connectivity index is 1.80. The number of benzene rings is 2. The lowest BCUT2D eigenvalue weighted by Crippen LogP contribution is -2.14. The van der Waals surface area contributed by atoms with Crippen LogP contribution in [0.15, 0.2) is 48.5 Å². The largest absolute Gasteiger partial charge is 0.416 e. The molecule has 2 nitrogen and oxygen atoms in total. The van der Waals surface area contributed by atoms with Crippen molar-refractivity contribution < 1.29 is 18.0 Å². The molecule has 0 unspecified atom stereocenters. The van der Waals surface area contributed by atoms with Gasteiger partial charge in [0.05, 0.1) is 11.3 Å². The van der Waals surface area contributed by atoms with Crippen LogP contribution in [0.2, 0.25) is 0 Å². The first-order chi connectivity index (χ1) is 10.8. The summed E-state index contributed by atoms with van der Waals surface area (Å²) in [7, 11) is 0. The van der Waals surface area contributed by atoms with E-state index < -0.39 is 11.7 Å². The van der Waals surface area contributed by atoms with Gasteiger partial charge >= 0.3 is 6.18 Å². The first-order valence-corrected chi connectivity index (χ1v) is 8.10. The van der Waals surface area contributed by atoms with E-state index in [0.717, 1.165) is 23.3 Å². The Labute approximate surface area is 137 Å². The summed E-state index contributed by atoms with van der Waals surface area (Å²) in [5.41, 5.74) is 1.93. The normalized spacial score (nSPS) is 11.3. The molecule has 0 radical (unpaired) electrons. The molecule has 0 aliphatic carbocycles. The monoisotopic (exact) mass is 339 g/mol. The molecule has 0 aliphatic heterocycles. The SMILES string of the molecule is Cc1cccc(CSCC(=O)Nc2ccc(C(F)(F)F)cc2)c1. The maximum absolute atomic E-state index is 12.4. The third-order valence-corrected chi connectivity index (χ3v) is 4.08. The molecule has 0 saturated carbocycles. The molecule has 0 aromatic heterocycles. The number of anilines is 1. The number of carbonyl (C=O) groups is 1. The number of aryl methyl sites for hydroxylation is 1. The smallest absolute Gasteiger partial charge is 0.325 e. The van der Waals surface area contributed by atoms with Crippen LogP contribution >= 0.6 is 11.8 Å². The fraction of sp³-hybridized carbons (Fsp3) is 0.235. The van der Waals surface area contributed by atoms with Gasteiger partial charge in [-0.2, -0.15) is 13.2 Å². The van der Waals surface area contributed by atoms with Crippen LogP contribution in [0.5, 0.6) is 0 Å². The third kappa shape index (κ3) is 5.63. The highest BCUT2D eigenvalue weighted by Crippen LogP contribution is 2.29. The zero-order chi connectivity index (χ0) is 16.9. The van der Waals surface area contributed by atoms with Gasteiger partial charge in [0.25, 0.3) is 0 Å². The quantitative estimate of drug-likeness (QED) is 0.841. The van der Waals surface area contributed by atoms with Gasteiger partial charge in [0.1, 0.15) is 0 Å². The van der Waals surface area contributed by atoms with E-state index >= 15 is 0 Å². The molecule has 0 fully saturated rings. The Morgan fingerprint density at radius 3 is 2.43 bits per heavy atom. The lowest BCUT2D eigenvalue weighted by molar-refractivity contribution is -0.137. The third-order valence-electron chi connectivity index (χ3n) is 3.08. The van der Waals surface area contributed by atoms with Crippen LogP contribution in [0.1, 0.15) is 16.7 Å². The summed E-state index contributed by atoms with van der Waals surface area (Å²) in [5.74, 6) is 0.722. The molecule has 6 heteroatoms. The maximum atomic E-state index is 12.4. The second-order valence-corrected chi connectivity index (χ2v) is 6.09. The molecule has 0 bridgehead atoms. The van der Waals surface area contributed by atoms with Crippen molar-refractivity contribution in [2.75, 3.05) is 11.1 Å². The fourth-order valence-corrected chi connectivity index (χ4v) is 2.78. The summed E-state index contributed by atoms with van der Waals surface area (Å²) in [6.07, 6.45) is -4.37. The molecule has 2 aromatic carbocycles. The van der Waals surface area contributed by atoms with E-state index in [1.54, 1.807) is 0 Å². The van der Waals surface area contributed by atoms with Gasteiger partial charge in [0, 0.05) is 11.4 Å². The first kappa shape index (κ1) is 17.4. The zero-order valence-electron chi connectivity index (χ0n) is 12.5. The molecule has 0 saturated heterocycles. The summed E-state index contributed by atoms with van der Waals surface area (Å²) in [6.45, 7) is 2.01. The van der Waals surface area contributed by atoms with E-state index in [2.05, 4.69) is 11.4 Å². The van der Waals surface area contributed by atoms with E-state index in [4.69, 9.17) is 0 Å². The van der Waals surface area contributed by atoms with Crippen LogP contribution in [0, 0.1) is 6.92 Å². The van der Waals surface area contributed by atoms with E-state index in [-0.39, 0.29) is 11.7 Å². The number of amides is 1. The lowest BCUT2D eigenvalue weighted by atomic mass is 10.2. The van der Waals surface area contributed by atoms with Crippen LogP contribution in [-0.4, -0.2) is 11.7 Å². The van der Waals surface area contributed by atoms with Crippen molar-refractivity contribution in [3.63, 3.8) is 0 Å². The average Bonchev–Trinajstić information content (AvgIpc) is 2.47. The minimum Gasteiger partial charge on any atom is -0.325 e. The molecule has 0 atom stereocenters. The molecule has 2 aromatic rings. The summed E-state index contributed by atoms with van der Waals surface area (Å²) < 4.78 is 37.3. The Kier molecular flexibility index (Phi) is 5.71. The van der Waals surface area contributed by atoms with Crippen molar-refractivity contribution in [3.8, 4) is 0 Å². The van der Waals surface area contributed by atoms with Crippen LogP contribution in [0.3, 0.4) is 0 Å². The van der Waals surface area contributed by atoms with Gasteiger partial charge in [-0.3, -0.25) is 4.79 Å². The zero-order valence-corrected chi connectivity index (χ0v) is 13.3. The number of alkyl halides is 3. The Morgan fingerprint density at radius 1 is 1.13 bits per heavy atom. The van der Waals surface area contributed by atoms with E-state index in [1.165, 1.54) is 23.9 Å². The number of hydrogen-bond acceptors (Lipinski definition) is 2. The summed E-state index contributed by atoms with van der Waals surface area (Å²) in [4.78, 5) is 11.8. The van der Waals surface area contributed by atoms with Crippen LogP contribution in [0.25, 0.3) is 0 Å². The van der Waals surface area contributed by atoms with E-state index in [9.17, 15) is 18.0 Å². The number of halogens is 3. The van der Waals surface area contributed by atoms with Gasteiger partial charge in [-0.05, 0) is 36.8 Å². The molecule has 0 spiro atoms. The van der Waals surface area contributed by atoms with Crippen molar-refractivity contribution >= 4 is 23.4 Å². The topological polar surface area (TPSA) is 29.1 Å². The van der Waals surface area contributed by atoms with Crippen molar-refractivity contribution in [2.24, 2.45) is 0 Å². The number of thioether (sulfide) groups is 1. The van der Waals surface area contributed by atoms with Crippen LogP contribution < -0.4 is 5.32 Å². The van der Waals surface area contributed by atoms with E-state index in [1.807, 2.05) is 25.1 Å². The van der Waals surface area contributed by atoms with Crippen molar-refractivity contribution in [2.45, 2.75) is 18.9 Å². The van der Waals surface area contributed by atoms with Crippen LogP contribution in [-0.2, 0) is 16.7 Å². The highest BCUT2D eigenvalue weighted by molar-refractivity contribution is 7.99. The van der Waals surface area contributed by atoms with Crippen molar-refractivity contribution in [1.29, 1.82) is 0 Å². The number of hydrogen-bond donors (Lipinski definition) is 1. The fourth-order valence-electron chi connectivity index (χ4n) is 2.00. The van der Waals surface area contributed by atoms with Crippen LogP contribution in [0.4, 0.5) is 18.9 Å². The van der Waals surface area contributed by atoms with Gasteiger partial charge < -0.3 is 5.32 Å². The molecule has 23 heavy (non-hydrogen) atoms. The average molecular weight is 339 g/mol.